The van der Waals surface area contributed by atoms with Crippen molar-refractivity contribution in [3.8, 4) is 0 Å². The topological polar surface area (TPSA) is 49.9 Å². The van der Waals surface area contributed by atoms with Gasteiger partial charge in [-0.25, -0.2) is 4.79 Å². The molecule has 1 amide bonds. The van der Waals surface area contributed by atoms with Gasteiger partial charge in [0.2, 0.25) is 0 Å². The maximum atomic E-state index is 13.0. The number of piperidine rings is 1. The van der Waals surface area contributed by atoms with Crippen LogP contribution in [-0.4, -0.2) is 62.0 Å². The van der Waals surface area contributed by atoms with Crippen LogP contribution in [0.4, 0.5) is 0 Å². The molecule has 1 fully saturated rings. The highest BCUT2D eigenvalue weighted by molar-refractivity contribution is 6.30. The molecule has 0 saturated carbocycles. The lowest BCUT2D eigenvalue weighted by molar-refractivity contribution is 0.0589. The first-order valence-corrected chi connectivity index (χ1v) is 10.8. The van der Waals surface area contributed by atoms with Gasteiger partial charge in [-0.1, -0.05) is 35.9 Å². The summed E-state index contributed by atoms with van der Waals surface area (Å²) >= 11 is 5.96. The summed E-state index contributed by atoms with van der Waals surface area (Å²) in [6.45, 7) is 3.74. The summed E-state index contributed by atoms with van der Waals surface area (Å²) in [6, 6.07) is 14.8. The van der Waals surface area contributed by atoms with Gasteiger partial charge < -0.3 is 14.5 Å². The molecule has 3 rings (SSSR count). The first-order chi connectivity index (χ1) is 14.5. The van der Waals surface area contributed by atoms with E-state index in [1.165, 1.54) is 12.7 Å². The lowest BCUT2D eigenvalue weighted by atomic mass is 9.96. The van der Waals surface area contributed by atoms with E-state index in [0.29, 0.717) is 23.6 Å². The molecule has 1 aliphatic heterocycles. The highest BCUT2D eigenvalue weighted by Gasteiger charge is 2.25. The van der Waals surface area contributed by atoms with Crippen LogP contribution >= 0.6 is 11.6 Å². The zero-order chi connectivity index (χ0) is 21.5. The molecule has 0 aromatic heterocycles. The monoisotopic (exact) mass is 428 g/mol. The third-order valence-electron chi connectivity index (χ3n) is 5.67. The number of likely N-dealkylation sites (tertiary alicyclic amines) is 1. The van der Waals surface area contributed by atoms with E-state index in [-0.39, 0.29) is 5.91 Å². The first-order valence-electron chi connectivity index (χ1n) is 10.4. The molecule has 1 saturated heterocycles. The number of methoxy groups -OCH3 is 1. The molecule has 0 spiro atoms. The second-order valence-corrected chi connectivity index (χ2v) is 8.34. The Morgan fingerprint density at radius 2 is 1.83 bits per heavy atom. The van der Waals surface area contributed by atoms with E-state index in [9.17, 15) is 9.59 Å². The smallest absolute Gasteiger partial charge is 0.338 e. The van der Waals surface area contributed by atoms with Gasteiger partial charge >= 0.3 is 5.97 Å². The Labute approximate surface area is 183 Å². The molecule has 160 valence electrons. The largest absolute Gasteiger partial charge is 0.465 e. The van der Waals surface area contributed by atoms with Gasteiger partial charge in [-0.05, 0) is 61.6 Å². The quantitative estimate of drug-likeness (QED) is 0.621. The lowest BCUT2D eigenvalue weighted by Gasteiger charge is -2.35. The number of nitrogens with zero attached hydrogens (tertiary/aromatic N) is 2. The summed E-state index contributed by atoms with van der Waals surface area (Å²) in [4.78, 5) is 29.2. The molecular weight excluding hydrogens is 400 g/mol. The van der Waals surface area contributed by atoms with Gasteiger partial charge in [-0.15, -0.1) is 0 Å². The molecule has 0 bridgehead atoms. The highest BCUT2D eigenvalue weighted by Crippen LogP contribution is 2.20. The maximum absolute atomic E-state index is 13.0. The standard InChI is InChI=1S/C24H29ClN2O3/c1-26(23(28)21-7-3-4-8-22(21)24(29)30-2)16-19-6-5-14-27(17-19)15-13-18-9-11-20(25)12-10-18/h3-4,7-12,19H,5-6,13-17H2,1-2H3/t19-/m1/s1. The number of benzene rings is 2. The van der Waals surface area contributed by atoms with Gasteiger partial charge in [-0.2, -0.15) is 0 Å². The number of amides is 1. The molecule has 0 radical (unpaired) electrons. The van der Waals surface area contributed by atoms with Crippen molar-refractivity contribution in [2.75, 3.05) is 40.3 Å². The number of rotatable bonds is 7. The Balaban J connectivity index is 1.56. The summed E-state index contributed by atoms with van der Waals surface area (Å²) in [5.41, 5.74) is 1.99. The number of halogens is 1. The number of carbonyl (C=O) groups is 2. The van der Waals surface area contributed by atoms with E-state index >= 15 is 0 Å². The average Bonchev–Trinajstić information content (AvgIpc) is 2.78. The first kappa shape index (κ1) is 22.3. The van der Waals surface area contributed by atoms with Crippen molar-refractivity contribution in [3.05, 3.63) is 70.2 Å². The van der Waals surface area contributed by atoms with E-state index in [1.807, 2.05) is 19.2 Å². The van der Waals surface area contributed by atoms with E-state index in [4.69, 9.17) is 16.3 Å². The van der Waals surface area contributed by atoms with Crippen molar-refractivity contribution >= 4 is 23.5 Å². The van der Waals surface area contributed by atoms with Crippen LogP contribution < -0.4 is 0 Å². The van der Waals surface area contributed by atoms with Crippen LogP contribution in [0.3, 0.4) is 0 Å². The van der Waals surface area contributed by atoms with Crippen LogP contribution in [0.15, 0.2) is 48.5 Å². The van der Waals surface area contributed by atoms with Crippen LogP contribution in [0.25, 0.3) is 0 Å². The Morgan fingerprint density at radius 1 is 1.13 bits per heavy atom. The van der Waals surface area contributed by atoms with Crippen molar-refractivity contribution < 1.29 is 14.3 Å². The summed E-state index contributed by atoms with van der Waals surface area (Å²) in [5.74, 6) is -0.212. The van der Waals surface area contributed by atoms with Crippen molar-refractivity contribution in [2.24, 2.45) is 5.92 Å². The molecule has 0 N–H and O–H groups in total. The minimum Gasteiger partial charge on any atom is -0.465 e. The third kappa shape index (κ3) is 5.83. The maximum Gasteiger partial charge on any atom is 0.338 e. The van der Waals surface area contributed by atoms with Gasteiger partial charge in [0, 0.05) is 31.7 Å². The molecule has 5 nitrogen and oxygen atoms in total. The van der Waals surface area contributed by atoms with Gasteiger partial charge in [0.1, 0.15) is 0 Å². The average molecular weight is 429 g/mol. The Bertz CT molecular complexity index is 869. The fourth-order valence-electron chi connectivity index (χ4n) is 4.08. The number of esters is 1. The van der Waals surface area contributed by atoms with E-state index in [2.05, 4.69) is 17.0 Å². The van der Waals surface area contributed by atoms with E-state index in [0.717, 1.165) is 43.9 Å². The fourth-order valence-corrected chi connectivity index (χ4v) is 4.20. The van der Waals surface area contributed by atoms with E-state index in [1.54, 1.807) is 29.2 Å². The highest BCUT2D eigenvalue weighted by atomic mass is 35.5. The molecular formula is C24H29ClN2O3. The number of hydrogen-bond donors (Lipinski definition) is 0. The zero-order valence-corrected chi connectivity index (χ0v) is 18.4. The van der Waals surface area contributed by atoms with Crippen molar-refractivity contribution in [1.82, 2.24) is 9.80 Å². The molecule has 0 unspecified atom stereocenters. The number of ether oxygens (including phenoxy) is 1. The molecule has 2 aromatic carbocycles. The second-order valence-electron chi connectivity index (χ2n) is 7.91. The molecule has 0 aliphatic carbocycles. The number of carbonyl (C=O) groups excluding carboxylic acids is 2. The molecule has 2 aromatic rings. The van der Waals surface area contributed by atoms with Gasteiger partial charge in [0.25, 0.3) is 5.91 Å². The zero-order valence-electron chi connectivity index (χ0n) is 17.6. The normalized spacial score (nSPS) is 16.8. The lowest BCUT2D eigenvalue weighted by Crippen LogP contribution is -2.42. The Kier molecular flexibility index (Phi) is 7.88. The molecule has 1 heterocycles. The van der Waals surface area contributed by atoms with Crippen molar-refractivity contribution in [3.63, 3.8) is 0 Å². The summed E-state index contributed by atoms with van der Waals surface area (Å²) in [5, 5.41) is 0.762. The molecule has 1 aliphatic rings. The summed E-state index contributed by atoms with van der Waals surface area (Å²) < 4.78 is 4.82. The van der Waals surface area contributed by atoms with Crippen LogP contribution in [0.1, 0.15) is 39.1 Å². The Morgan fingerprint density at radius 3 is 2.53 bits per heavy atom. The molecule has 1 atom stereocenters. The van der Waals surface area contributed by atoms with Gasteiger partial charge in [0.05, 0.1) is 18.2 Å². The SMILES string of the molecule is COC(=O)c1ccccc1C(=O)N(C)C[C@H]1CCCN(CCc2ccc(Cl)cc2)C1. The van der Waals surface area contributed by atoms with Crippen LogP contribution in [0.5, 0.6) is 0 Å². The van der Waals surface area contributed by atoms with Crippen molar-refractivity contribution in [1.29, 1.82) is 0 Å². The predicted molar refractivity (Wildman–Crippen MR) is 119 cm³/mol. The van der Waals surface area contributed by atoms with Crippen LogP contribution in [-0.2, 0) is 11.2 Å². The minimum absolute atomic E-state index is 0.144. The van der Waals surface area contributed by atoms with Crippen molar-refractivity contribution in [2.45, 2.75) is 19.3 Å². The van der Waals surface area contributed by atoms with E-state index < -0.39 is 5.97 Å². The third-order valence-corrected chi connectivity index (χ3v) is 5.93. The van der Waals surface area contributed by atoms with Crippen LogP contribution in [0, 0.1) is 5.92 Å². The second kappa shape index (κ2) is 10.6. The Hall–Kier alpha value is -2.37. The number of hydrogen-bond acceptors (Lipinski definition) is 4. The van der Waals surface area contributed by atoms with Gasteiger partial charge in [0.15, 0.2) is 0 Å². The fraction of sp³-hybridized carbons (Fsp3) is 0.417. The molecule has 6 heteroatoms. The minimum atomic E-state index is -0.488. The molecule has 30 heavy (non-hydrogen) atoms. The van der Waals surface area contributed by atoms with Crippen LogP contribution in [0.2, 0.25) is 5.02 Å². The predicted octanol–water partition coefficient (Wildman–Crippen LogP) is 4.15. The van der Waals surface area contributed by atoms with Gasteiger partial charge in [-0.3, -0.25) is 4.79 Å². The summed E-state index contributed by atoms with van der Waals surface area (Å²) in [7, 11) is 3.14. The summed E-state index contributed by atoms with van der Waals surface area (Å²) in [6.07, 6.45) is 3.23.